The lowest BCUT2D eigenvalue weighted by atomic mass is 10.1. The van der Waals surface area contributed by atoms with Crippen LogP contribution in [0.2, 0.25) is 5.02 Å². The van der Waals surface area contributed by atoms with Gasteiger partial charge in [0.25, 0.3) is 0 Å². The zero-order valence-corrected chi connectivity index (χ0v) is 10.8. The molecule has 0 unspecified atom stereocenters. The third kappa shape index (κ3) is 2.25. The number of aromatic nitrogens is 2. The van der Waals surface area contributed by atoms with Crippen LogP contribution >= 0.6 is 11.6 Å². The number of rotatable bonds is 1. The third-order valence-electron chi connectivity index (χ3n) is 2.94. The first-order chi connectivity index (χ1) is 9.45. The molecule has 0 amide bonds. The average Bonchev–Trinajstić information content (AvgIpc) is 2.81. The number of hydrogen-bond donors (Lipinski definition) is 0. The molecule has 2 nitrogen and oxygen atoms in total. The van der Waals surface area contributed by atoms with E-state index in [2.05, 4.69) is 4.98 Å². The lowest BCUT2D eigenvalue weighted by Crippen LogP contribution is -2.04. The Morgan fingerprint density at radius 3 is 2.65 bits per heavy atom. The van der Waals surface area contributed by atoms with Gasteiger partial charge in [0.15, 0.2) is 0 Å². The van der Waals surface area contributed by atoms with E-state index in [1.54, 1.807) is 35.0 Å². The van der Waals surface area contributed by atoms with Crippen molar-refractivity contribution >= 4 is 17.1 Å². The smallest absolute Gasteiger partial charge is 0.298 e. The lowest BCUT2D eigenvalue weighted by Gasteiger charge is -2.08. The van der Waals surface area contributed by atoms with Crippen LogP contribution in [0.4, 0.5) is 13.2 Å². The van der Waals surface area contributed by atoms with E-state index in [0.29, 0.717) is 16.4 Å². The zero-order valence-electron chi connectivity index (χ0n) is 10.0. The number of benzene rings is 1. The van der Waals surface area contributed by atoms with Crippen molar-refractivity contribution in [1.82, 2.24) is 9.38 Å². The molecule has 1 aromatic carbocycles. The minimum absolute atomic E-state index is 0.391. The van der Waals surface area contributed by atoms with Gasteiger partial charge in [-0.3, -0.25) is 4.40 Å². The van der Waals surface area contributed by atoms with Crippen LogP contribution < -0.4 is 0 Å². The van der Waals surface area contributed by atoms with E-state index in [1.165, 1.54) is 6.07 Å². The van der Waals surface area contributed by atoms with Gasteiger partial charge < -0.3 is 0 Å². The molecule has 3 aromatic rings. The van der Waals surface area contributed by atoms with Crippen LogP contribution in [0.5, 0.6) is 0 Å². The molecule has 20 heavy (non-hydrogen) atoms. The van der Waals surface area contributed by atoms with Crippen molar-refractivity contribution in [2.24, 2.45) is 0 Å². The van der Waals surface area contributed by atoms with Crippen molar-refractivity contribution in [3.8, 4) is 11.4 Å². The van der Waals surface area contributed by atoms with Gasteiger partial charge in [-0.2, -0.15) is 13.2 Å². The van der Waals surface area contributed by atoms with E-state index >= 15 is 0 Å². The van der Waals surface area contributed by atoms with Crippen molar-refractivity contribution in [2.45, 2.75) is 6.18 Å². The fraction of sp³-hybridized carbons (Fsp3) is 0.0714. The Morgan fingerprint density at radius 1 is 1.10 bits per heavy atom. The van der Waals surface area contributed by atoms with Gasteiger partial charge in [-0.15, -0.1) is 0 Å². The molecule has 0 radical (unpaired) electrons. The highest BCUT2D eigenvalue weighted by Gasteiger charge is 2.30. The fourth-order valence-corrected chi connectivity index (χ4v) is 2.17. The van der Waals surface area contributed by atoms with Crippen molar-refractivity contribution in [1.29, 1.82) is 0 Å². The number of fused-ring (bicyclic) bond motifs is 1. The largest absolute Gasteiger partial charge is 0.416 e. The molecule has 0 atom stereocenters. The maximum Gasteiger partial charge on any atom is 0.416 e. The highest BCUT2D eigenvalue weighted by Crippen LogP contribution is 2.32. The highest BCUT2D eigenvalue weighted by molar-refractivity contribution is 6.30. The number of alkyl halides is 3. The molecule has 2 heterocycles. The molecule has 0 aliphatic rings. The summed E-state index contributed by atoms with van der Waals surface area (Å²) in [6, 6.07) is 8.53. The minimum Gasteiger partial charge on any atom is -0.298 e. The molecule has 0 spiro atoms. The van der Waals surface area contributed by atoms with Crippen molar-refractivity contribution < 1.29 is 13.2 Å². The standard InChI is InChI=1S/C14H8ClF3N2/c15-11-4-5-12-7-19-13(20(12)8-11)9-2-1-3-10(6-9)14(16,17)18/h1-8H. The topological polar surface area (TPSA) is 17.3 Å². The SMILES string of the molecule is FC(F)(F)c1cccc(-c2ncc3ccc(Cl)cn23)c1. The Balaban J connectivity index is 2.18. The molecular formula is C14H8ClF3N2. The van der Waals surface area contributed by atoms with E-state index < -0.39 is 11.7 Å². The van der Waals surface area contributed by atoms with Gasteiger partial charge in [-0.05, 0) is 24.3 Å². The van der Waals surface area contributed by atoms with Gasteiger partial charge in [-0.1, -0.05) is 23.7 Å². The molecule has 6 heteroatoms. The number of nitrogens with zero attached hydrogens (tertiary/aromatic N) is 2. The van der Waals surface area contributed by atoms with Gasteiger partial charge in [0.2, 0.25) is 0 Å². The van der Waals surface area contributed by atoms with Crippen LogP contribution in [0.15, 0.2) is 48.8 Å². The molecule has 0 N–H and O–H groups in total. The normalized spacial score (nSPS) is 12.0. The molecule has 0 aliphatic carbocycles. The predicted molar refractivity (Wildman–Crippen MR) is 70.6 cm³/mol. The molecule has 2 aromatic heterocycles. The summed E-state index contributed by atoms with van der Waals surface area (Å²) in [5, 5.41) is 0.490. The predicted octanol–water partition coefficient (Wildman–Crippen LogP) is 4.67. The molecule has 102 valence electrons. The summed E-state index contributed by atoms with van der Waals surface area (Å²) in [4.78, 5) is 4.17. The van der Waals surface area contributed by atoms with E-state index in [9.17, 15) is 13.2 Å². The maximum atomic E-state index is 12.7. The average molecular weight is 297 g/mol. The van der Waals surface area contributed by atoms with Crippen molar-refractivity contribution in [3.05, 3.63) is 59.4 Å². The van der Waals surface area contributed by atoms with E-state index in [1.807, 2.05) is 0 Å². The van der Waals surface area contributed by atoms with E-state index in [4.69, 9.17) is 11.6 Å². The number of imidazole rings is 1. The van der Waals surface area contributed by atoms with Gasteiger partial charge in [0.05, 0.1) is 22.3 Å². The molecule has 0 bridgehead atoms. The monoisotopic (exact) mass is 296 g/mol. The molecule has 0 saturated heterocycles. The lowest BCUT2D eigenvalue weighted by molar-refractivity contribution is -0.137. The van der Waals surface area contributed by atoms with Crippen LogP contribution in [0.1, 0.15) is 5.56 Å². The second-order valence-electron chi connectivity index (χ2n) is 4.30. The molecule has 3 rings (SSSR count). The second kappa shape index (κ2) is 4.52. The Hall–Kier alpha value is -2.01. The minimum atomic E-state index is -4.37. The number of halogens is 4. The van der Waals surface area contributed by atoms with Crippen LogP contribution in [-0.4, -0.2) is 9.38 Å². The molecular weight excluding hydrogens is 289 g/mol. The summed E-state index contributed by atoms with van der Waals surface area (Å²) in [6.07, 6.45) is -1.16. The summed E-state index contributed by atoms with van der Waals surface area (Å²) in [6.45, 7) is 0. The second-order valence-corrected chi connectivity index (χ2v) is 4.74. The molecule has 0 saturated carbocycles. The fourth-order valence-electron chi connectivity index (χ4n) is 2.01. The van der Waals surface area contributed by atoms with Crippen LogP contribution in [0.25, 0.3) is 16.9 Å². The van der Waals surface area contributed by atoms with E-state index in [0.717, 1.165) is 17.6 Å². The Kier molecular flexibility index (Phi) is 2.94. The summed E-state index contributed by atoms with van der Waals surface area (Å²) >= 11 is 5.91. The Labute approximate surface area is 117 Å². The summed E-state index contributed by atoms with van der Waals surface area (Å²) in [5.74, 6) is 0.425. The first-order valence-electron chi connectivity index (χ1n) is 5.75. The van der Waals surface area contributed by atoms with E-state index in [-0.39, 0.29) is 0 Å². The van der Waals surface area contributed by atoms with Crippen LogP contribution in [0, 0.1) is 0 Å². The highest BCUT2D eigenvalue weighted by atomic mass is 35.5. The van der Waals surface area contributed by atoms with Crippen LogP contribution in [-0.2, 0) is 6.18 Å². The Morgan fingerprint density at radius 2 is 1.90 bits per heavy atom. The van der Waals surface area contributed by atoms with Gasteiger partial charge >= 0.3 is 6.18 Å². The van der Waals surface area contributed by atoms with Crippen LogP contribution in [0.3, 0.4) is 0 Å². The first-order valence-corrected chi connectivity index (χ1v) is 6.13. The first kappa shape index (κ1) is 13.0. The number of hydrogen-bond acceptors (Lipinski definition) is 1. The molecule has 0 fully saturated rings. The van der Waals surface area contributed by atoms with Gasteiger partial charge in [0.1, 0.15) is 5.82 Å². The van der Waals surface area contributed by atoms with Gasteiger partial charge in [-0.25, -0.2) is 4.98 Å². The quantitative estimate of drug-likeness (QED) is 0.637. The van der Waals surface area contributed by atoms with Crippen molar-refractivity contribution in [3.63, 3.8) is 0 Å². The zero-order chi connectivity index (χ0) is 14.3. The summed E-state index contributed by atoms with van der Waals surface area (Å²) in [5.41, 5.74) is 0.456. The maximum absolute atomic E-state index is 12.7. The van der Waals surface area contributed by atoms with Crippen molar-refractivity contribution in [2.75, 3.05) is 0 Å². The molecule has 0 aliphatic heterocycles. The number of pyridine rings is 1. The summed E-state index contributed by atoms with van der Waals surface area (Å²) in [7, 11) is 0. The third-order valence-corrected chi connectivity index (χ3v) is 3.16. The Bertz CT molecular complexity index is 777. The summed E-state index contributed by atoms with van der Waals surface area (Å²) < 4.78 is 39.9. The van der Waals surface area contributed by atoms with Gasteiger partial charge in [0, 0.05) is 11.8 Å².